The summed E-state index contributed by atoms with van der Waals surface area (Å²) in [5.41, 5.74) is -1.22. The van der Waals surface area contributed by atoms with E-state index < -0.39 is 17.0 Å². The number of rotatable bonds is 3. The van der Waals surface area contributed by atoms with Crippen LogP contribution in [-0.4, -0.2) is 30.1 Å². The number of H-pyrrole nitrogens is 2. The average Bonchev–Trinajstić information content (AvgIpc) is 3.27. The molecule has 5 aromatic heterocycles. The standard InChI is InChI=1S/C21H14N4O5/c26-16-10-4-1-7-22-18(10)24-20(28)14(16)13(12-6-3-9-30-12)15-17(27)11-5-2-8-23-19(11)25-21(15)29/h1-9,13H,(H2,22,24,26,28)(H2,23,25,27,29). The predicted octanol–water partition coefficient (Wildman–Crippen LogP) is 2.34. The highest BCUT2D eigenvalue weighted by Gasteiger charge is 2.32. The fourth-order valence-corrected chi connectivity index (χ4v) is 3.67. The normalized spacial score (nSPS) is 11.5. The Morgan fingerprint density at radius 2 is 1.33 bits per heavy atom. The quantitative estimate of drug-likeness (QED) is 0.362. The number of nitrogens with one attached hydrogen (secondary N) is 2. The summed E-state index contributed by atoms with van der Waals surface area (Å²) in [4.78, 5) is 39.2. The van der Waals surface area contributed by atoms with Gasteiger partial charge in [0, 0.05) is 12.4 Å². The minimum absolute atomic E-state index is 0.144. The molecule has 0 amide bonds. The first kappa shape index (κ1) is 17.7. The highest BCUT2D eigenvalue weighted by Crippen LogP contribution is 2.40. The summed E-state index contributed by atoms with van der Waals surface area (Å²) in [6, 6.07) is 9.54. The maximum absolute atomic E-state index is 12.9. The van der Waals surface area contributed by atoms with Crippen molar-refractivity contribution in [3.05, 3.63) is 92.6 Å². The third kappa shape index (κ3) is 2.56. The first-order valence-electron chi connectivity index (χ1n) is 8.99. The van der Waals surface area contributed by atoms with E-state index in [9.17, 15) is 19.8 Å². The minimum atomic E-state index is -1.18. The Morgan fingerprint density at radius 1 is 0.800 bits per heavy atom. The van der Waals surface area contributed by atoms with Gasteiger partial charge in [0.25, 0.3) is 11.1 Å². The number of aromatic hydroxyl groups is 2. The molecule has 4 N–H and O–H groups in total. The van der Waals surface area contributed by atoms with Gasteiger partial charge in [-0.25, -0.2) is 9.97 Å². The second-order valence-corrected chi connectivity index (χ2v) is 6.68. The Labute approximate surface area is 167 Å². The molecule has 0 unspecified atom stereocenters. The van der Waals surface area contributed by atoms with Crippen molar-refractivity contribution in [1.29, 1.82) is 0 Å². The van der Waals surface area contributed by atoms with Crippen LogP contribution in [0.15, 0.2) is 69.1 Å². The van der Waals surface area contributed by atoms with Gasteiger partial charge in [0.15, 0.2) is 0 Å². The fourth-order valence-electron chi connectivity index (χ4n) is 3.67. The summed E-state index contributed by atoms with van der Waals surface area (Å²) in [5, 5.41) is 22.5. The number of fused-ring (bicyclic) bond motifs is 2. The summed E-state index contributed by atoms with van der Waals surface area (Å²) in [6.45, 7) is 0. The zero-order valence-corrected chi connectivity index (χ0v) is 15.3. The van der Waals surface area contributed by atoms with E-state index in [4.69, 9.17) is 4.42 Å². The molecule has 0 atom stereocenters. The Morgan fingerprint density at radius 3 is 1.80 bits per heavy atom. The van der Waals surface area contributed by atoms with Crippen LogP contribution < -0.4 is 11.1 Å². The van der Waals surface area contributed by atoms with E-state index in [1.54, 1.807) is 36.4 Å². The minimum Gasteiger partial charge on any atom is -0.507 e. The maximum Gasteiger partial charge on any atom is 0.257 e. The van der Waals surface area contributed by atoms with Crippen LogP contribution in [0.4, 0.5) is 0 Å². The zero-order chi connectivity index (χ0) is 20.8. The molecule has 0 spiro atoms. The van der Waals surface area contributed by atoms with E-state index >= 15 is 0 Å². The van der Waals surface area contributed by atoms with Gasteiger partial charge in [-0.05, 0) is 36.4 Å². The Hall–Kier alpha value is -4.40. The van der Waals surface area contributed by atoms with E-state index in [0.29, 0.717) is 10.8 Å². The molecule has 0 radical (unpaired) electrons. The predicted molar refractivity (Wildman–Crippen MR) is 108 cm³/mol. The average molecular weight is 402 g/mol. The van der Waals surface area contributed by atoms with Gasteiger partial charge < -0.3 is 24.6 Å². The second-order valence-electron chi connectivity index (χ2n) is 6.68. The molecule has 0 aliphatic heterocycles. The maximum atomic E-state index is 12.9. The summed E-state index contributed by atoms with van der Waals surface area (Å²) < 4.78 is 5.49. The van der Waals surface area contributed by atoms with Crippen molar-refractivity contribution >= 4 is 22.1 Å². The second kappa shape index (κ2) is 6.59. The Bertz CT molecular complexity index is 1420. The van der Waals surface area contributed by atoms with E-state index in [1.807, 2.05) is 0 Å². The van der Waals surface area contributed by atoms with E-state index in [1.165, 1.54) is 18.7 Å². The lowest BCUT2D eigenvalue weighted by Crippen LogP contribution is -2.24. The van der Waals surface area contributed by atoms with Crippen molar-refractivity contribution < 1.29 is 14.6 Å². The smallest absolute Gasteiger partial charge is 0.257 e. The van der Waals surface area contributed by atoms with Crippen LogP contribution in [0.3, 0.4) is 0 Å². The SMILES string of the molecule is O=c1[nH]c2ncccc2c(O)c1C(c1ccco1)c1c(O)c2cccnc2[nH]c1=O. The summed E-state index contributed by atoms with van der Waals surface area (Å²) in [5.74, 6) is -1.69. The van der Waals surface area contributed by atoms with Crippen molar-refractivity contribution in [3.8, 4) is 11.5 Å². The lowest BCUT2D eigenvalue weighted by Gasteiger charge is -2.18. The molecular weight excluding hydrogens is 388 g/mol. The monoisotopic (exact) mass is 402 g/mol. The fraction of sp³-hybridized carbons (Fsp3) is 0.0476. The van der Waals surface area contributed by atoms with Crippen molar-refractivity contribution in [2.24, 2.45) is 0 Å². The molecule has 9 heteroatoms. The van der Waals surface area contributed by atoms with E-state index in [0.717, 1.165) is 0 Å². The lowest BCUT2D eigenvalue weighted by molar-refractivity contribution is 0.445. The lowest BCUT2D eigenvalue weighted by atomic mass is 9.88. The third-order valence-electron chi connectivity index (χ3n) is 4.99. The van der Waals surface area contributed by atoms with Gasteiger partial charge in [-0.15, -0.1) is 0 Å². The number of pyridine rings is 4. The van der Waals surface area contributed by atoms with Crippen LogP contribution in [0.25, 0.3) is 22.1 Å². The van der Waals surface area contributed by atoms with Crippen molar-refractivity contribution in [2.75, 3.05) is 0 Å². The number of aromatic amines is 2. The largest absolute Gasteiger partial charge is 0.507 e. The van der Waals surface area contributed by atoms with E-state index in [2.05, 4.69) is 19.9 Å². The molecule has 148 valence electrons. The molecule has 5 heterocycles. The van der Waals surface area contributed by atoms with Gasteiger partial charge in [0.2, 0.25) is 0 Å². The molecule has 30 heavy (non-hydrogen) atoms. The van der Waals surface area contributed by atoms with Crippen LogP contribution >= 0.6 is 0 Å². The van der Waals surface area contributed by atoms with Gasteiger partial charge in [-0.1, -0.05) is 0 Å². The molecule has 0 aliphatic carbocycles. The van der Waals surface area contributed by atoms with Gasteiger partial charge in [-0.2, -0.15) is 0 Å². The molecular formula is C21H14N4O5. The van der Waals surface area contributed by atoms with Crippen LogP contribution in [0.5, 0.6) is 11.5 Å². The van der Waals surface area contributed by atoms with Gasteiger partial charge in [0.05, 0.1) is 34.1 Å². The number of aromatic nitrogens is 4. The molecule has 0 aliphatic rings. The van der Waals surface area contributed by atoms with Gasteiger partial charge in [-0.3, -0.25) is 9.59 Å². The third-order valence-corrected chi connectivity index (χ3v) is 4.99. The summed E-state index contributed by atoms with van der Waals surface area (Å²) >= 11 is 0. The number of hydrogen-bond acceptors (Lipinski definition) is 7. The number of hydrogen-bond donors (Lipinski definition) is 4. The van der Waals surface area contributed by atoms with Crippen LogP contribution in [0.2, 0.25) is 0 Å². The molecule has 0 saturated heterocycles. The first-order chi connectivity index (χ1) is 14.6. The van der Waals surface area contributed by atoms with Crippen molar-refractivity contribution in [3.63, 3.8) is 0 Å². The molecule has 5 aromatic rings. The van der Waals surface area contributed by atoms with Crippen molar-refractivity contribution in [2.45, 2.75) is 5.92 Å². The zero-order valence-electron chi connectivity index (χ0n) is 15.3. The molecule has 0 bridgehead atoms. The van der Waals surface area contributed by atoms with Gasteiger partial charge in [0.1, 0.15) is 28.6 Å². The van der Waals surface area contributed by atoms with Crippen molar-refractivity contribution in [1.82, 2.24) is 19.9 Å². The molecule has 9 nitrogen and oxygen atoms in total. The highest BCUT2D eigenvalue weighted by atomic mass is 16.3. The Kier molecular flexibility index (Phi) is 3.88. The van der Waals surface area contributed by atoms with Crippen LogP contribution in [-0.2, 0) is 0 Å². The summed E-state index contributed by atoms with van der Waals surface area (Å²) in [7, 11) is 0. The first-order valence-corrected chi connectivity index (χ1v) is 8.99. The number of nitrogens with zero attached hydrogens (tertiary/aromatic N) is 2. The number of furan rings is 1. The molecule has 5 rings (SSSR count). The molecule has 0 fully saturated rings. The van der Waals surface area contributed by atoms with Gasteiger partial charge >= 0.3 is 0 Å². The Balaban J connectivity index is 1.90. The topological polar surface area (TPSA) is 145 Å². The van der Waals surface area contributed by atoms with E-state index in [-0.39, 0.29) is 39.7 Å². The summed E-state index contributed by atoms with van der Waals surface area (Å²) in [6.07, 6.45) is 4.34. The van der Waals surface area contributed by atoms with Crippen LogP contribution in [0.1, 0.15) is 22.8 Å². The van der Waals surface area contributed by atoms with Crippen LogP contribution in [0, 0.1) is 0 Å². The molecule has 0 aromatic carbocycles. The molecule has 0 saturated carbocycles. The highest BCUT2D eigenvalue weighted by molar-refractivity contribution is 5.85.